The number of nitrogens with one attached hydrogen (secondary N) is 1. The van der Waals surface area contributed by atoms with Crippen molar-refractivity contribution in [2.24, 2.45) is 0 Å². The Hall–Kier alpha value is -1.92. The fraction of sp³-hybridized carbons (Fsp3) is 0.636. The van der Waals surface area contributed by atoms with Crippen LogP contribution in [0.3, 0.4) is 0 Å². The van der Waals surface area contributed by atoms with E-state index in [1.54, 1.807) is 0 Å². The van der Waals surface area contributed by atoms with Gasteiger partial charge in [-0.1, -0.05) is 24.5 Å². The Balaban J connectivity index is 1.90. The summed E-state index contributed by atoms with van der Waals surface area (Å²) in [6.45, 7) is -0.0991. The van der Waals surface area contributed by atoms with Crippen molar-refractivity contribution in [3.8, 4) is 0 Å². The predicted octanol–water partition coefficient (Wildman–Crippen LogP) is 0.425. The molecule has 0 saturated heterocycles. The van der Waals surface area contributed by atoms with Gasteiger partial charge in [0.25, 0.3) is 0 Å². The number of carboxylic acids is 1. The van der Waals surface area contributed by atoms with E-state index in [0.29, 0.717) is 0 Å². The second-order valence-electron chi connectivity index (χ2n) is 4.48. The number of aromatic nitrogens is 3. The molecule has 98 valence electrons. The number of amides is 1. The highest BCUT2D eigenvalue weighted by Gasteiger charge is 2.18. The van der Waals surface area contributed by atoms with Crippen molar-refractivity contribution in [3.63, 3.8) is 0 Å². The van der Waals surface area contributed by atoms with Gasteiger partial charge in [-0.2, -0.15) is 0 Å². The van der Waals surface area contributed by atoms with Crippen molar-refractivity contribution in [1.82, 2.24) is 20.3 Å². The van der Waals surface area contributed by atoms with E-state index >= 15 is 0 Å². The zero-order chi connectivity index (χ0) is 13.0. The van der Waals surface area contributed by atoms with Crippen LogP contribution in [0, 0.1) is 0 Å². The number of carbonyl (C=O) groups excluding carboxylic acids is 1. The first-order chi connectivity index (χ1) is 8.66. The van der Waals surface area contributed by atoms with Gasteiger partial charge in [0.2, 0.25) is 5.91 Å². The molecule has 0 radical (unpaired) electrons. The molecule has 0 aliphatic heterocycles. The average molecular weight is 252 g/mol. The molecule has 1 aliphatic rings. The predicted molar refractivity (Wildman–Crippen MR) is 62.0 cm³/mol. The van der Waals surface area contributed by atoms with Crippen LogP contribution in [0.1, 0.15) is 42.6 Å². The van der Waals surface area contributed by atoms with Crippen LogP contribution in [0.15, 0.2) is 6.20 Å². The zero-order valence-corrected chi connectivity index (χ0v) is 10.0. The first kappa shape index (κ1) is 12.5. The molecule has 18 heavy (non-hydrogen) atoms. The van der Waals surface area contributed by atoms with Gasteiger partial charge >= 0.3 is 5.97 Å². The monoisotopic (exact) mass is 252 g/mol. The summed E-state index contributed by atoms with van der Waals surface area (Å²) in [5.41, 5.74) is -0.0752. The number of carboxylic acid groups (broad SMARTS) is 1. The first-order valence-corrected chi connectivity index (χ1v) is 6.08. The van der Waals surface area contributed by atoms with Crippen LogP contribution >= 0.6 is 0 Å². The molecular formula is C11H16N4O3. The molecule has 0 bridgehead atoms. The van der Waals surface area contributed by atoms with Crippen molar-refractivity contribution >= 4 is 11.9 Å². The Labute approximate surface area is 104 Å². The lowest BCUT2D eigenvalue weighted by Gasteiger charge is -2.22. The van der Waals surface area contributed by atoms with Crippen molar-refractivity contribution < 1.29 is 14.7 Å². The Morgan fingerprint density at radius 2 is 2.11 bits per heavy atom. The number of hydrogen-bond donors (Lipinski definition) is 2. The van der Waals surface area contributed by atoms with Crippen molar-refractivity contribution in [2.45, 2.75) is 44.7 Å². The van der Waals surface area contributed by atoms with Gasteiger partial charge in [-0.3, -0.25) is 4.79 Å². The molecule has 1 aliphatic carbocycles. The molecule has 1 fully saturated rings. The summed E-state index contributed by atoms with van der Waals surface area (Å²) in [6.07, 6.45) is 6.61. The minimum absolute atomic E-state index is 0.0752. The number of aromatic carboxylic acids is 1. The lowest BCUT2D eigenvalue weighted by molar-refractivity contribution is -0.122. The smallest absolute Gasteiger partial charge is 0.355 e. The maximum Gasteiger partial charge on any atom is 0.355 e. The highest BCUT2D eigenvalue weighted by Crippen LogP contribution is 2.17. The minimum Gasteiger partial charge on any atom is -0.476 e. The van der Waals surface area contributed by atoms with E-state index in [1.807, 2.05) is 0 Å². The van der Waals surface area contributed by atoms with E-state index in [9.17, 15) is 9.59 Å². The molecule has 0 spiro atoms. The van der Waals surface area contributed by atoms with Crippen molar-refractivity contribution in [1.29, 1.82) is 0 Å². The molecule has 0 unspecified atom stereocenters. The summed E-state index contributed by atoms with van der Waals surface area (Å²) >= 11 is 0. The SMILES string of the molecule is O=C(Cn1nncc1C(=O)O)NC1CCCCC1. The average Bonchev–Trinajstić information content (AvgIpc) is 2.78. The molecule has 1 aromatic heterocycles. The third-order valence-corrected chi connectivity index (χ3v) is 3.10. The lowest BCUT2D eigenvalue weighted by Crippen LogP contribution is -2.38. The van der Waals surface area contributed by atoms with E-state index in [2.05, 4.69) is 15.6 Å². The van der Waals surface area contributed by atoms with E-state index in [-0.39, 0.29) is 24.2 Å². The molecule has 2 rings (SSSR count). The van der Waals surface area contributed by atoms with Crippen LogP contribution in [0.25, 0.3) is 0 Å². The second kappa shape index (κ2) is 5.61. The standard InChI is InChI=1S/C11H16N4O3/c16-10(13-8-4-2-1-3-5-8)7-15-9(11(17)18)6-12-14-15/h6,8H,1-5,7H2,(H,13,16)(H,17,18). The molecule has 0 atom stereocenters. The molecule has 1 amide bonds. The Kier molecular flexibility index (Phi) is 3.91. The first-order valence-electron chi connectivity index (χ1n) is 6.08. The van der Waals surface area contributed by atoms with Gasteiger partial charge < -0.3 is 10.4 Å². The zero-order valence-electron chi connectivity index (χ0n) is 10.0. The van der Waals surface area contributed by atoms with Gasteiger partial charge in [-0.05, 0) is 12.8 Å². The second-order valence-corrected chi connectivity index (χ2v) is 4.48. The van der Waals surface area contributed by atoms with Gasteiger partial charge in [0.1, 0.15) is 6.54 Å². The van der Waals surface area contributed by atoms with Gasteiger partial charge in [-0.15, -0.1) is 5.10 Å². The highest BCUT2D eigenvalue weighted by atomic mass is 16.4. The fourth-order valence-electron chi connectivity index (χ4n) is 2.20. The fourth-order valence-corrected chi connectivity index (χ4v) is 2.20. The minimum atomic E-state index is -1.13. The van der Waals surface area contributed by atoms with E-state index in [4.69, 9.17) is 5.11 Å². The summed E-state index contributed by atoms with van der Waals surface area (Å²) < 4.78 is 1.10. The molecular weight excluding hydrogens is 236 g/mol. The van der Waals surface area contributed by atoms with E-state index in [0.717, 1.165) is 36.6 Å². The maximum absolute atomic E-state index is 11.8. The van der Waals surface area contributed by atoms with Crippen LogP contribution in [0.4, 0.5) is 0 Å². The lowest BCUT2D eigenvalue weighted by atomic mass is 9.95. The molecule has 1 aromatic rings. The number of carbonyl (C=O) groups is 2. The summed E-state index contributed by atoms with van der Waals surface area (Å²) in [5, 5.41) is 18.8. The van der Waals surface area contributed by atoms with Crippen LogP contribution in [0.5, 0.6) is 0 Å². The van der Waals surface area contributed by atoms with E-state index < -0.39 is 5.97 Å². The van der Waals surface area contributed by atoms with Crippen LogP contribution in [-0.2, 0) is 11.3 Å². The van der Waals surface area contributed by atoms with Crippen LogP contribution < -0.4 is 5.32 Å². The molecule has 7 heteroatoms. The summed E-state index contributed by atoms with van der Waals surface area (Å²) in [7, 11) is 0. The third kappa shape index (κ3) is 3.06. The molecule has 0 aromatic carbocycles. The van der Waals surface area contributed by atoms with Gasteiger partial charge in [-0.25, -0.2) is 9.48 Å². The Morgan fingerprint density at radius 1 is 1.39 bits per heavy atom. The quantitative estimate of drug-likeness (QED) is 0.809. The third-order valence-electron chi connectivity index (χ3n) is 3.10. The van der Waals surface area contributed by atoms with E-state index in [1.165, 1.54) is 6.42 Å². The Morgan fingerprint density at radius 3 is 2.78 bits per heavy atom. The number of nitrogens with zero attached hydrogens (tertiary/aromatic N) is 3. The largest absolute Gasteiger partial charge is 0.476 e. The topological polar surface area (TPSA) is 97.1 Å². The highest BCUT2D eigenvalue weighted by molar-refractivity contribution is 5.86. The molecule has 1 saturated carbocycles. The summed E-state index contributed by atoms with van der Waals surface area (Å²) in [6, 6.07) is 0.211. The Bertz CT molecular complexity index is 437. The summed E-state index contributed by atoms with van der Waals surface area (Å²) in [5.74, 6) is -1.35. The van der Waals surface area contributed by atoms with Crippen LogP contribution in [0.2, 0.25) is 0 Å². The van der Waals surface area contributed by atoms with Crippen molar-refractivity contribution in [2.75, 3.05) is 0 Å². The molecule has 1 heterocycles. The summed E-state index contributed by atoms with van der Waals surface area (Å²) in [4.78, 5) is 22.6. The molecule has 2 N–H and O–H groups in total. The molecule has 7 nitrogen and oxygen atoms in total. The van der Waals surface area contributed by atoms with Crippen LogP contribution in [-0.4, -0.2) is 38.0 Å². The normalized spacial score (nSPS) is 16.4. The van der Waals surface area contributed by atoms with Gasteiger partial charge in [0.05, 0.1) is 6.20 Å². The number of rotatable bonds is 4. The number of hydrogen-bond acceptors (Lipinski definition) is 4. The van der Waals surface area contributed by atoms with Crippen molar-refractivity contribution in [3.05, 3.63) is 11.9 Å². The van der Waals surface area contributed by atoms with Gasteiger partial charge in [0.15, 0.2) is 5.69 Å². The maximum atomic E-state index is 11.8. The van der Waals surface area contributed by atoms with Gasteiger partial charge in [0, 0.05) is 6.04 Å².